The molecule has 0 bridgehead atoms. The van der Waals surface area contributed by atoms with Crippen molar-refractivity contribution in [2.24, 2.45) is 0 Å². The van der Waals surface area contributed by atoms with Crippen LogP contribution in [0.2, 0.25) is 0 Å². The van der Waals surface area contributed by atoms with Crippen molar-refractivity contribution in [3.05, 3.63) is 77.1 Å². The molecule has 21 heavy (non-hydrogen) atoms. The quantitative estimate of drug-likeness (QED) is 0.454. The average molecular weight is 294 g/mol. The number of ketones is 1. The van der Waals surface area contributed by atoms with Crippen LogP contribution in [0.1, 0.15) is 21.5 Å². The summed E-state index contributed by atoms with van der Waals surface area (Å²) in [5.74, 6) is -1.03. The van der Waals surface area contributed by atoms with E-state index in [4.69, 9.17) is 0 Å². The number of carbonyl (C=O) groups excluding carboxylic acids is 1. The highest BCUT2D eigenvalue weighted by Crippen LogP contribution is 2.29. The Hall–Kier alpha value is -2.43. The first kappa shape index (κ1) is 15.0. The summed E-state index contributed by atoms with van der Waals surface area (Å²) in [5.41, 5.74) is -0.407. The van der Waals surface area contributed by atoms with Gasteiger partial charge in [0.25, 0.3) is 0 Å². The zero-order chi connectivity index (χ0) is 15.5. The highest BCUT2D eigenvalue weighted by Gasteiger charge is 2.30. The van der Waals surface area contributed by atoms with Crippen LogP contribution in [0.15, 0.2) is 54.6 Å². The standard InChI is InChI=1S/C16H10F4O/c17-14-6-2-4-12(10-14)15(21)8-7-11-3-1-5-13(9-11)16(18,19)20/h1-10H/b8-7+. The molecule has 2 aromatic rings. The van der Waals surface area contributed by atoms with Crippen molar-refractivity contribution in [1.29, 1.82) is 0 Å². The monoisotopic (exact) mass is 294 g/mol. The fraction of sp³-hybridized carbons (Fsp3) is 0.0625. The van der Waals surface area contributed by atoms with Gasteiger partial charge in [-0.1, -0.05) is 30.3 Å². The summed E-state index contributed by atoms with van der Waals surface area (Å²) in [6.45, 7) is 0. The third-order valence-corrected chi connectivity index (χ3v) is 2.75. The molecule has 0 fully saturated rings. The number of benzene rings is 2. The predicted octanol–water partition coefficient (Wildman–Crippen LogP) is 4.74. The van der Waals surface area contributed by atoms with Crippen molar-refractivity contribution in [2.45, 2.75) is 6.18 Å². The maximum atomic E-state index is 13.0. The highest BCUT2D eigenvalue weighted by molar-refractivity contribution is 6.06. The first-order valence-electron chi connectivity index (χ1n) is 6.01. The van der Waals surface area contributed by atoms with E-state index in [0.29, 0.717) is 0 Å². The Balaban J connectivity index is 2.20. The van der Waals surface area contributed by atoms with E-state index in [9.17, 15) is 22.4 Å². The van der Waals surface area contributed by atoms with Crippen molar-refractivity contribution in [2.75, 3.05) is 0 Å². The lowest BCUT2D eigenvalue weighted by Gasteiger charge is -2.06. The Morgan fingerprint density at radius 1 is 1.00 bits per heavy atom. The van der Waals surface area contributed by atoms with Crippen LogP contribution in [0.25, 0.3) is 6.08 Å². The molecular formula is C16H10F4O. The van der Waals surface area contributed by atoms with Gasteiger partial charge in [-0.05, 0) is 35.9 Å². The molecule has 0 aliphatic rings. The van der Waals surface area contributed by atoms with E-state index in [2.05, 4.69) is 0 Å². The fourth-order valence-corrected chi connectivity index (χ4v) is 1.73. The van der Waals surface area contributed by atoms with Gasteiger partial charge >= 0.3 is 6.18 Å². The van der Waals surface area contributed by atoms with E-state index in [1.165, 1.54) is 36.4 Å². The molecule has 0 heterocycles. The smallest absolute Gasteiger partial charge is 0.289 e. The van der Waals surface area contributed by atoms with Gasteiger partial charge in [0.15, 0.2) is 5.78 Å². The molecule has 0 unspecified atom stereocenters. The van der Waals surface area contributed by atoms with Crippen LogP contribution in [0.5, 0.6) is 0 Å². The second-order valence-corrected chi connectivity index (χ2v) is 4.33. The molecule has 108 valence electrons. The number of hydrogen-bond donors (Lipinski definition) is 0. The second-order valence-electron chi connectivity index (χ2n) is 4.33. The Labute approximate surface area is 118 Å². The number of halogens is 4. The van der Waals surface area contributed by atoms with E-state index in [0.717, 1.165) is 24.3 Å². The van der Waals surface area contributed by atoms with E-state index >= 15 is 0 Å². The first-order valence-corrected chi connectivity index (χ1v) is 6.01. The minimum absolute atomic E-state index is 0.137. The van der Waals surface area contributed by atoms with Crippen LogP contribution >= 0.6 is 0 Å². The number of carbonyl (C=O) groups is 1. The Kier molecular flexibility index (Phi) is 4.21. The normalized spacial score (nSPS) is 11.8. The molecule has 0 radical (unpaired) electrons. The summed E-state index contributed by atoms with van der Waals surface area (Å²) < 4.78 is 50.6. The molecule has 0 aliphatic carbocycles. The van der Waals surface area contributed by atoms with Crippen LogP contribution in [-0.2, 0) is 6.18 Å². The number of alkyl halides is 3. The zero-order valence-electron chi connectivity index (χ0n) is 10.7. The minimum atomic E-state index is -4.43. The van der Waals surface area contributed by atoms with Crippen LogP contribution in [0, 0.1) is 5.82 Å². The zero-order valence-corrected chi connectivity index (χ0v) is 10.7. The lowest BCUT2D eigenvalue weighted by molar-refractivity contribution is -0.137. The molecule has 0 spiro atoms. The van der Waals surface area contributed by atoms with Crippen LogP contribution in [0.3, 0.4) is 0 Å². The van der Waals surface area contributed by atoms with Crippen LogP contribution in [0.4, 0.5) is 17.6 Å². The van der Waals surface area contributed by atoms with Crippen molar-refractivity contribution >= 4 is 11.9 Å². The molecule has 1 nitrogen and oxygen atoms in total. The highest BCUT2D eigenvalue weighted by atomic mass is 19.4. The topological polar surface area (TPSA) is 17.1 Å². The van der Waals surface area contributed by atoms with Gasteiger partial charge in [0, 0.05) is 5.56 Å². The SMILES string of the molecule is O=C(/C=C/c1cccc(C(F)(F)F)c1)c1cccc(F)c1. The van der Waals surface area contributed by atoms with Crippen molar-refractivity contribution in [3.8, 4) is 0 Å². The van der Waals surface area contributed by atoms with Crippen molar-refractivity contribution in [1.82, 2.24) is 0 Å². The predicted molar refractivity (Wildman–Crippen MR) is 71.2 cm³/mol. The third-order valence-electron chi connectivity index (χ3n) is 2.75. The van der Waals surface area contributed by atoms with Crippen LogP contribution in [-0.4, -0.2) is 5.78 Å². The summed E-state index contributed by atoms with van der Waals surface area (Å²) in [5, 5.41) is 0. The summed E-state index contributed by atoms with van der Waals surface area (Å²) in [6.07, 6.45) is -2.05. The maximum Gasteiger partial charge on any atom is 0.416 e. The lowest BCUT2D eigenvalue weighted by Crippen LogP contribution is -2.04. The van der Waals surface area contributed by atoms with E-state index < -0.39 is 23.3 Å². The van der Waals surface area contributed by atoms with E-state index in [1.807, 2.05) is 0 Å². The third kappa shape index (κ3) is 4.02. The Morgan fingerprint density at radius 3 is 2.38 bits per heavy atom. The molecule has 0 atom stereocenters. The lowest BCUT2D eigenvalue weighted by atomic mass is 10.1. The first-order chi connectivity index (χ1) is 9.86. The summed E-state index contributed by atoms with van der Waals surface area (Å²) >= 11 is 0. The van der Waals surface area contributed by atoms with Gasteiger partial charge in [-0.3, -0.25) is 4.79 Å². The molecule has 0 aromatic heterocycles. The van der Waals surface area contributed by atoms with Gasteiger partial charge in [0.05, 0.1) is 5.56 Å². The van der Waals surface area contributed by atoms with Gasteiger partial charge < -0.3 is 0 Å². The fourth-order valence-electron chi connectivity index (χ4n) is 1.73. The van der Waals surface area contributed by atoms with Crippen molar-refractivity contribution in [3.63, 3.8) is 0 Å². The van der Waals surface area contributed by atoms with Gasteiger partial charge in [-0.15, -0.1) is 0 Å². The minimum Gasteiger partial charge on any atom is -0.289 e. The molecule has 0 amide bonds. The molecule has 0 N–H and O–H groups in total. The largest absolute Gasteiger partial charge is 0.416 e. The second kappa shape index (κ2) is 5.91. The average Bonchev–Trinajstić information content (AvgIpc) is 2.44. The van der Waals surface area contributed by atoms with Gasteiger partial charge in [0.2, 0.25) is 0 Å². The van der Waals surface area contributed by atoms with Gasteiger partial charge in [-0.2, -0.15) is 13.2 Å². The summed E-state index contributed by atoms with van der Waals surface area (Å²) in [7, 11) is 0. The summed E-state index contributed by atoms with van der Waals surface area (Å²) in [4.78, 5) is 11.8. The number of allylic oxidation sites excluding steroid dienone is 1. The maximum absolute atomic E-state index is 13.0. The molecule has 2 rings (SSSR count). The Bertz CT molecular complexity index is 687. The molecule has 0 saturated carbocycles. The number of hydrogen-bond acceptors (Lipinski definition) is 1. The molecular weight excluding hydrogens is 284 g/mol. The van der Waals surface area contributed by atoms with E-state index in [-0.39, 0.29) is 11.1 Å². The molecule has 0 aliphatic heterocycles. The van der Waals surface area contributed by atoms with Gasteiger partial charge in [-0.25, -0.2) is 4.39 Å². The van der Waals surface area contributed by atoms with E-state index in [1.54, 1.807) is 0 Å². The molecule has 5 heteroatoms. The molecule has 0 saturated heterocycles. The number of rotatable bonds is 3. The summed E-state index contributed by atoms with van der Waals surface area (Å²) in [6, 6.07) is 9.69. The van der Waals surface area contributed by atoms with Crippen molar-refractivity contribution < 1.29 is 22.4 Å². The van der Waals surface area contributed by atoms with Crippen LogP contribution < -0.4 is 0 Å². The Morgan fingerprint density at radius 2 is 1.71 bits per heavy atom. The molecule has 2 aromatic carbocycles. The van der Waals surface area contributed by atoms with Gasteiger partial charge in [0.1, 0.15) is 5.82 Å².